The smallest absolute Gasteiger partial charge is 0.255 e. The minimum absolute atomic E-state index is 0.0590. The second kappa shape index (κ2) is 8.12. The molecule has 3 atom stereocenters. The number of imide groups is 1. The maximum absolute atomic E-state index is 12.8. The zero-order valence-corrected chi connectivity index (χ0v) is 16.8. The Bertz CT molecular complexity index is 823. The number of piperidine rings is 1. The number of carbonyl (C=O) groups is 3. The summed E-state index contributed by atoms with van der Waals surface area (Å²) >= 11 is 0. The van der Waals surface area contributed by atoms with Crippen molar-refractivity contribution in [3.8, 4) is 5.75 Å². The summed E-state index contributed by atoms with van der Waals surface area (Å²) in [6.45, 7) is 7.66. The first kappa shape index (κ1) is 19.8. The van der Waals surface area contributed by atoms with Crippen LogP contribution < -0.4 is 10.1 Å². The number of rotatable bonds is 6. The molecule has 3 amide bonds. The van der Waals surface area contributed by atoms with Gasteiger partial charge < -0.3 is 14.4 Å². The lowest BCUT2D eigenvalue weighted by Gasteiger charge is -2.29. The van der Waals surface area contributed by atoms with Gasteiger partial charge in [-0.05, 0) is 43.3 Å². The lowest BCUT2D eigenvalue weighted by atomic mass is 10.0. The predicted molar refractivity (Wildman–Crippen MR) is 104 cm³/mol. The van der Waals surface area contributed by atoms with Gasteiger partial charge in [-0.15, -0.1) is 0 Å². The molecule has 0 aliphatic carbocycles. The fourth-order valence-electron chi connectivity index (χ4n) is 4.47. The van der Waals surface area contributed by atoms with Crippen molar-refractivity contribution < 1.29 is 23.9 Å². The zero-order valence-electron chi connectivity index (χ0n) is 16.8. The molecular formula is C21H27N3O5. The van der Waals surface area contributed by atoms with Gasteiger partial charge in [-0.25, -0.2) is 0 Å². The molecule has 2 saturated heterocycles. The van der Waals surface area contributed by atoms with Crippen LogP contribution in [-0.2, 0) is 20.9 Å². The molecule has 8 heteroatoms. The van der Waals surface area contributed by atoms with Crippen molar-refractivity contribution in [2.45, 2.75) is 51.4 Å². The van der Waals surface area contributed by atoms with Crippen LogP contribution in [0.3, 0.4) is 0 Å². The van der Waals surface area contributed by atoms with Gasteiger partial charge in [0.15, 0.2) is 0 Å². The number of likely N-dealkylation sites (N-methyl/N-ethyl adjacent to an activating group) is 1. The van der Waals surface area contributed by atoms with Crippen LogP contribution in [0.1, 0.15) is 42.6 Å². The standard InChI is InChI=1S/C21H27N3O5/c1-3-23(4-2)17-11-28-12-18(17)29-14-5-6-15-13(9-14)10-24(21(15)27)16-7-8-19(25)22-20(16)26/h5-6,9,16-18H,3-4,7-8,10-12H2,1-2H3,(H,22,25,26)/t16?,17-,18+/m0/s1. The van der Waals surface area contributed by atoms with E-state index in [2.05, 4.69) is 24.1 Å². The van der Waals surface area contributed by atoms with E-state index >= 15 is 0 Å². The molecular weight excluding hydrogens is 374 g/mol. The summed E-state index contributed by atoms with van der Waals surface area (Å²) in [7, 11) is 0. The maximum Gasteiger partial charge on any atom is 0.255 e. The Morgan fingerprint density at radius 2 is 2.00 bits per heavy atom. The molecule has 1 aromatic carbocycles. The van der Waals surface area contributed by atoms with Gasteiger partial charge in [-0.2, -0.15) is 0 Å². The van der Waals surface area contributed by atoms with Crippen LogP contribution in [0, 0.1) is 0 Å². The average molecular weight is 401 g/mol. The van der Waals surface area contributed by atoms with E-state index in [4.69, 9.17) is 9.47 Å². The van der Waals surface area contributed by atoms with Crippen LogP contribution >= 0.6 is 0 Å². The molecule has 1 unspecified atom stereocenters. The summed E-state index contributed by atoms with van der Waals surface area (Å²) in [6, 6.07) is 5.06. The molecule has 0 spiro atoms. The topological polar surface area (TPSA) is 88.2 Å². The highest BCUT2D eigenvalue weighted by atomic mass is 16.5. The number of hydrogen-bond acceptors (Lipinski definition) is 6. The fraction of sp³-hybridized carbons (Fsp3) is 0.571. The highest BCUT2D eigenvalue weighted by molar-refractivity contribution is 6.05. The summed E-state index contributed by atoms with van der Waals surface area (Å²) < 4.78 is 11.9. The molecule has 0 saturated carbocycles. The van der Waals surface area contributed by atoms with Crippen molar-refractivity contribution in [3.63, 3.8) is 0 Å². The van der Waals surface area contributed by atoms with Gasteiger partial charge in [0.25, 0.3) is 5.91 Å². The zero-order chi connectivity index (χ0) is 20.5. The SMILES string of the molecule is CCN(CC)[C@H]1COC[C@H]1Oc1ccc2c(c1)CN(C1CCC(=O)NC1=O)C2=O. The Labute approximate surface area is 170 Å². The summed E-state index contributed by atoms with van der Waals surface area (Å²) in [6.07, 6.45) is 0.550. The Balaban J connectivity index is 1.48. The summed E-state index contributed by atoms with van der Waals surface area (Å²) in [5.41, 5.74) is 1.43. The Morgan fingerprint density at radius 1 is 1.21 bits per heavy atom. The van der Waals surface area contributed by atoms with E-state index in [1.165, 1.54) is 0 Å². The Morgan fingerprint density at radius 3 is 2.72 bits per heavy atom. The van der Waals surface area contributed by atoms with E-state index in [1.54, 1.807) is 11.0 Å². The highest BCUT2D eigenvalue weighted by Crippen LogP contribution is 2.31. The second-order valence-electron chi connectivity index (χ2n) is 7.70. The number of hydrogen-bond donors (Lipinski definition) is 1. The fourth-order valence-corrected chi connectivity index (χ4v) is 4.47. The molecule has 3 heterocycles. The summed E-state index contributed by atoms with van der Waals surface area (Å²) in [4.78, 5) is 40.2. The van der Waals surface area contributed by atoms with Crippen LogP contribution in [0.25, 0.3) is 0 Å². The monoisotopic (exact) mass is 401 g/mol. The number of amides is 3. The lowest BCUT2D eigenvalue weighted by Crippen LogP contribution is -2.52. The molecule has 0 aromatic heterocycles. The third-order valence-corrected chi connectivity index (χ3v) is 6.06. The normalized spacial score (nSPS) is 26.8. The summed E-state index contributed by atoms with van der Waals surface area (Å²) in [5, 5.41) is 2.32. The lowest BCUT2D eigenvalue weighted by molar-refractivity contribution is -0.136. The number of nitrogens with one attached hydrogen (secondary N) is 1. The molecule has 0 bridgehead atoms. The molecule has 8 nitrogen and oxygen atoms in total. The number of ether oxygens (including phenoxy) is 2. The van der Waals surface area contributed by atoms with Gasteiger partial charge in [0, 0.05) is 18.5 Å². The largest absolute Gasteiger partial charge is 0.486 e. The molecule has 4 rings (SSSR count). The number of nitrogens with zero attached hydrogens (tertiary/aromatic N) is 2. The first-order valence-electron chi connectivity index (χ1n) is 10.3. The molecule has 3 aliphatic heterocycles. The molecule has 1 N–H and O–H groups in total. The van der Waals surface area contributed by atoms with Gasteiger partial charge in [0.2, 0.25) is 11.8 Å². The molecule has 3 aliphatic rings. The molecule has 1 aromatic rings. The van der Waals surface area contributed by atoms with Crippen LogP contribution in [0.2, 0.25) is 0 Å². The van der Waals surface area contributed by atoms with Gasteiger partial charge >= 0.3 is 0 Å². The van der Waals surface area contributed by atoms with E-state index < -0.39 is 11.9 Å². The molecule has 2 fully saturated rings. The number of carbonyl (C=O) groups excluding carboxylic acids is 3. The second-order valence-corrected chi connectivity index (χ2v) is 7.70. The third-order valence-electron chi connectivity index (χ3n) is 6.06. The summed E-state index contributed by atoms with van der Waals surface area (Å²) in [5.74, 6) is -0.155. The van der Waals surface area contributed by atoms with Gasteiger partial charge in [-0.3, -0.25) is 24.6 Å². The van der Waals surface area contributed by atoms with E-state index in [0.29, 0.717) is 37.5 Å². The van der Waals surface area contributed by atoms with Crippen LogP contribution in [-0.4, -0.2) is 72.0 Å². The quantitative estimate of drug-likeness (QED) is 0.714. The Hall–Kier alpha value is -2.45. The maximum atomic E-state index is 12.8. The van der Waals surface area contributed by atoms with Crippen LogP contribution in [0.4, 0.5) is 0 Å². The predicted octanol–water partition coefficient (Wildman–Crippen LogP) is 0.936. The van der Waals surface area contributed by atoms with Crippen LogP contribution in [0.5, 0.6) is 5.75 Å². The molecule has 156 valence electrons. The number of fused-ring (bicyclic) bond motifs is 1. The van der Waals surface area contributed by atoms with E-state index in [1.807, 2.05) is 12.1 Å². The van der Waals surface area contributed by atoms with Crippen molar-refractivity contribution in [1.29, 1.82) is 0 Å². The van der Waals surface area contributed by atoms with Crippen molar-refractivity contribution >= 4 is 17.7 Å². The van der Waals surface area contributed by atoms with E-state index in [9.17, 15) is 14.4 Å². The highest BCUT2D eigenvalue weighted by Gasteiger charge is 2.39. The van der Waals surface area contributed by atoms with Gasteiger partial charge in [0.05, 0.1) is 19.3 Å². The number of benzene rings is 1. The average Bonchev–Trinajstić information content (AvgIpc) is 3.28. The van der Waals surface area contributed by atoms with Crippen molar-refractivity contribution in [1.82, 2.24) is 15.1 Å². The van der Waals surface area contributed by atoms with Gasteiger partial charge in [-0.1, -0.05) is 13.8 Å². The van der Waals surface area contributed by atoms with Gasteiger partial charge in [0.1, 0.15) is 17.9 Å². The molecule has 29 heavy (non-hydrogen) atoms. The van der Waals surface area contributed by atoms with E-state index in [-0.39, 0.29) is 30.4 Å². The Kier molecular flexibility index (Phi) is 5.56. The van der Waals surface area contributed by atoms with Crippen molar-refractivity contribution in [2.75, 3.05) is 26.3 Å². The third kappa shape index (κ3) is 3.74. The van der Waals surface area contributed by atoms with Crippen molar-refractivity contribution in [2.24, 2.45) is 0 Å². The van der Waals surface area contributed by atoms with Crippen LogP contribution in [0.15, 0.2) is 18.2 Å². The molecule has 0 radical (unpaired) electrons. The van der Waals surface area contributed by atoms with Crippen molar-refractivity contribution in [3.05, 3.63) is 29.3 Å². The minimum atomic E-state index is -0.604. The first-order chi connectivity index (χ1) is 14.0. The van der Waals surface area contributed by atoms with E-state index in [0.717, 1.165) is 18.7 Å². The minimum Gasteiger partial charge on any atom is -0.486 e. The first-order valence-corrected chi connectivity index (χ1v) is 10.3.